The van der Waals surface area contributed by atoms with Crippen LogP contribution in [0.25, 0.3) is 10.4 Å². The Morgan fingerprint density at radius 1 is 1.12 bits per heavy atom. The predicted molar refractivity (Wildman–Crippen MR) is 55.4 cm³/mol. The minimum Gasteiger partial charge on any atom is -0.0936 e. The molecule has 1 aromatic rings. The van der Waals surface area contributed by atoms with Crippen LogP contribution >= 0.6 is 10.2 Å². The summed E-state index contributed by atoms with van der Waals surface area (Å²) in [5, 5.41) is 3.24. The lowest BCUT2D eigenvalue weighted by Crippen LogP contribution is -2.06. The van der Waals surface area contributed by atoms with Crippen molar-refractivity contribution in [2.75, 3.05) is 0 Å². The summed E-state index contributed by atoms with van der Waals surface area (Å²) in [4.78, 5) is 0.516. The number of nitrogens with zero attached hydrogens (tertiary/aromatic N) is 3. The van der Waals surface area contributed by atoms with Crippen LogP contribution in [0, 0.1) is 0 Å². The molecular formula is C8H8F5N3S. The zero-order valence-electron chi connectivity index (χ0n) is 8.53. The van der Waals surface area contributed by atoms with E-state index in [0.29, 0.717) is 12.1 Å². The average Bonchev–Trinajstić information content (AvgIpc) is 2.15. The zero-order chi connectivity index (χ0) is 13.4. The van der Waals surface area contributed by atoms with Crippen LogP contribution in [0.2, 0.25) is 0 Å². The van der Waals surface area contributed by atoms with Crippen molar-refractivity contribution >= 4 is 10.2 Å². The van der Waals surface area contributed by atoms with Gasteiger partial charge < -0.3 is 0 Å². The molecule has 0 heterocycles. The maximum Gasteiger partial charge on any atom is 0.310 e. The normalized spacial score (nSPS) is 17.5. The van der Waals surface area contributed by atoms with Crippen LogP contribution < -0.4 is 0 Å². The summed E-state index contributed by atoms with van der Waals surface area (Å²) in [5.74, 6) is 0. The second-order valence-electron chi connectivity index (χ2n) is 3.42. The van der Waals surface area contributed by atoms with Crippen molar-refractivity contribution in [3.05, 3.63) is 40.3 Å². The van der Waals surface area contributed by atoms with Crippen LogP contribution in [0.4, 0.5) is 19.4 Å². The fourth-order valence-corrected chi connectivity index (χ4v) is 1.80. The summed E-state index contributed by atoms with van der Waals surface area (Å²) in [7, 11) is -9.61. The molecule has 1 unspecified atom stereocenters. The van der Waals surface area contributed by atoms with Crippen molar-refractivity contribution in [3.63, 3.8) is 0 Å². The van der Waals surface area contributed by atoms with Gasteiger partial charge in [0.15, 0.2) is 0 Å². The first kappa shape index (κ1) is 13.6. The lowest BCUT2D eigenvalue weighted by molar-refractivity contribution is 0.364. The van der Waals surface area contributed by atoms with E-state index in [4.69, 9.17) is 5.53 Å². The Morgan fingerprint density at radius 3 is 1.94 bits per heavy atom. The van der Waals surface area contributed by atoms with Gasteiger partial charge in [-0.1, -0.05) is 43.6 Å². The Labute approximate surface area is 93.6 Å². The molecule has 1 rings (SSSR count). The monoisotopic (exact) mass is 273 g/mol. The van der Waals surface area contributed by atoms with Crippen molar-refractivity contribution in [1.82, 2.24) is 0 Å². The van der Waals surface area contributed by atoms with Crippen LogP contribution in [-0.2, 0) is 0 Å². The Morgan fingerprint density at radius 2 is 1.59 bits per heavy atom. The molecule has 96 valence electrons. The SMILES string of the molecule is CC(N=[N+]=[N-])c1ccc(S(F)(F)(F)(F)F)cc1. The molecule has 0 aliphatic rings. The average molecular weight is 273 g/mol. The molecule has 17 heavy (non-hydrogen) atoms. The molecule has 0 bridgehead atoms. The van der Waals surface area contributed by atoms with E-state index < -0.39 is 21.2 Å². The topological polar surface area (TPSA) is 48.8 Å². The Bertz CT molecular complexity index is 474. The van der Waals surface area contributed by atoms with E-state index in [1.54, 1.807) is 0 Å². The highest BCUT2D eigenvalue weighted by Crippen LogP contribution is 3.02. The molecule has 1 aromatic carbocycles. The summed E-state index contributed by atoms with van der Waals surface area (Å²) in [6, 6.07) is 1.60. The van der Waals surface area contributed by atoms with E-state index in [-0.39, 0.29) is 5.56 Å². The lowest BCUT2D eigenvalue weighted by Gasteiger charge is -2.40. The molecule has 0 spiro atoms. The fraction of sp³-hybridized carbons (Fsp3) is 0.250. The van der Waals surface area contributed by atoms with Gasteiger partial charge >= 0.3 is 10.2 Å². The highest BCUT2D eigenvalue weighted by molar-refractivity contribution is 8.45. The quantitative estimate of drug-likeness (QED) is 0.293. The van der Waals surface area contributed by atoms with Crippen molar-refractivity contribution in [2.24, 2.45) is 5.11 Å². The van der Waals surface area contributed by atoms with Crippen LogP contribution in [-0.4, -0.2) is 0 Å². The van der Waals surface area contributed by atoms with Gasteiger partial charge in [-0.25, -0.2) is 0 Å². The Hall–Kier alpha value is -1.47. The number of rotatable bonds is 3. The highest BCUT2D eigenvalue weighted by Gasteiger charge is 2.65. The molecule has 0 radical (unpaired) electrons. The van der Waals surface area contributed by atoms with Gasteiger partial charge in [-0.05, 0) is 23.2 Å². The number of halogens is 5. The van der Waals surface area contributed by atoms with Crippen molar-refractivity contribution < 1.29 is 19.4 Å². The van der Waals surface area contributed by atoms with E-state index in [2.05, 4.69) is 10.0 Å². The first-order chi connectivity index (χ1) is 7.44. The minimum atomic E-state index is -9.61. The van der Waals surface area contributed by atoms with Gasteiger partial charge in [-0.3, -0.25) is 0 Å². The molecule has 0 N–H and O–H groups in total. The van der Waals surface area contributed by atoms with Gasteiger partial charge in [0.05, 0.1) is 6.04 Å². The largest absolute Gasteiger partial charge is 0.310 e. The Balaban J connectivity index is 3.19. The van der Waals surface area contributed by atoms with Crippen LogP contribution in [0.15, 0.2) is 34.3 Å². The second-order valence-corrected chi connectivity index (χ2v) is 5.83. The standard InChI is InChI=1S/C8H8F5N3S/c1-6(15-16-14)7-2-4-8(5-3-7)17(9,10,11,12)13/h2-6H,1H3. The van der Waals surface area contributed by atoms with Crippen LogP contribution in [0.3, 0.4) is 0 Å². The second kappa shape index (κ2) is 3.27. The van der Waals surface area contributed by atoms with E-state index in [1.165, 1.54) is 6.92 Å². The molecule has 3 nitrogen and oxygen atoms in total. The summed E-state index contributed by atoms with van der Waals surface area (Å²) in [5.41, 5.74) is 8.36. The molecular weight excluding hydrogens is 265 g/mol. The third-order valence-corrected chi connectivity index (χ3v) is 3.20. The third-order valence-electron chi connectivity index (χ3n) is 2.03. The van der Waals surface area contributed by atoms with Crippen molar-refractivity contribution in [3.8, 4) is 0 Å². The molecule has 0 amide bonds. The Kier molecular flexibility index (Phi) is 2.61. The van der Waals surface area contributed by atoms with Gasteiger partial charge in [0.1, 0.15) is 4.90 Å². The summed E-state index contributed by atoms with van der Waals surface area (Å²) in [6.45, 7) is 1.44. The smallest absolute Gasteiger partial charge is 0.0936 e. The van der Waals surface area contributed by atoms with E-state index in [1.807, 2.05) is 0 Å². The summed E-state index contributed by atoms with van der Waals surface area (Å²) >= 11 is 0. The maximum atomic E-state index is 12.3. The van der Waals surface area contributed by atoms with E-state index in [0.717, 1.165) is 12.1 Å². The summed E-state index contributed by atoms with van der Waals surface area (Å²) < 4.78 is 61.7. The van der Waals surface area contributed by atoms with Gasteiger partial charge in [0.25, 0.3) is 0 Å². The number of azide groups is 1. The van der Waals surface area contributed by atoms with Crippen molar-refractivity contribution in [1.29, 1.82) is 0 Å². The first-order valence-electron chi connectivity index (χ1n) is 4.32. The van der Waals surface area contributed by atoms with Gasteiger partial charge in [0, 0.05) is 4.91 Å². The molecule has 0 saturated carbocycles. The first-order valence-corrected chi connectivity index (χ1v) is 6.27. The maximum absolute atomic E-state index is 12.3. The van der Waals surface area contributed by atoms with Crippen LogP contribution in [0.5, 0.6) is 0 Å². The van der Waals surface area contributed by atoms with Crippen molar-refractivity contribution in [2.45, 2.75) is 17.9 Å². The van der Waals surface area contributed by atoms with E-state index in [9.17, 15) is 19.4 Å². The van der Waals surface area contributed by atoms with Gasteiger partial charge in [-0.2, -0.15) is 0 Å². The molecule has 9 heteroatoms. The van der Waals surface area contributed by atoms with Gasteiger partial charge in [-0.15, -0.1) is 0 Å². The molecule has 0 saturated heterocycles. The number of hydrogen-bond acceptors (Lipinski definition) is 1. The fourth-order valence-electron chi connectivity index (χ4n) is 1.15. The molecule has 1 atom stereocenters. The third kappa shape index (κ3) is 3.50. The van der Waals surface area contributed by atoms with Crippen LogP contribution in [0.1, 0.15) is 18.5 Å². The molecule has 0 fully saturated rings. The predicted octanol–water partition coefficient (Wildman–Crippen LogP) is 5.72. The molecule has 0 aliphatic heterocycles. The van der Waals surface area contributed by atoms with Gasteiger partial charge in [0.2, 0.25) is 0 Å². The number of benzene rings is 1. The lowest BCUT2D eigenvalue weighted by atomic mass is 10.1. The highest BCUT2D eigenvalue weighted by atomic mass is 32.5. The van der Waals surface area contributed by atoms with E-state index >= 15 is 0 Å². The zero-order valence-corrected chi connectivity index (χ0v) is 9.34. The summed E-state index contributed by atoms with van der Waals surface area (Å²) in [6.07, 6.45) is 0. The number of hydrogen-bond donors (Lipinski definition) is 0. The molecule has 0 aliphatic carbocycles. The minimum absolute atomic E-state index is 0.230. The molecule has 0 aromatic heterocycles.